The summed E-state index contributed by atoms with van der Waals surface area (Å²) in [6.45, 7) is 6.13. The Hall–Kier alpha value is -2.41. The quantitative estimate of drug-likeness (QED) is 0.398. The van der Waals surface area contributed by atoms with E-state index in [9.17, 15) is 9.90 Å². The van der Waals surface area contributed by atoms with E-state index in [1.54, 1.807) is 23.5 Å². The summed E-state index contributed by atoms with van der Waals surface area (Å²) in [6.07, 6.45) is 7.06. The maximum Gasteiger partial charge on any atom is 0.302 e. The van der Waals surface area contributed by atoms with Gasteiger partial charge in [-0.1, -0.05) is 26.2 Å². The van der Waals surface area contributed by atoms with Crippen molar-refractivity contribution in [2.45, 2.75) is 58.9 Å². The Morgan fingerprint density at radius 1 is 1.36 bits per heavy atom. The van der Waals surface area contributed by atoms with E-state index in [0.29, 0.717) is 13.0 Å². The number of hydrogen-bond donors (Lipinski definition) is 1. The monoisotopic (exact) mass is 401 g/mol. The second-order valence-electron chi connectivity index (χ2n) is 7.05. The van der Waals surface area contributed by atoms with Crippen LogP contribution in [0.3, 0.4) is 0 Å². The van der Waals surface area contributed by atoms with Gasteiger partial charge in [-0.25, -0.2) is 4.98 Å². The van der Waals surface area contributed by atoms with Gasteiger partial charge in [-0.2, -0.15) is 5.10 Å². The number of thiazole rings is 1. The van der Waals surface area contributed by atoms with Crippen molar-refractivity contribution in [3.05, 3.63) is 29.4 Å². The Kier molecular flexibility index (Phi) is 6.67. The first-order valence-electron chi connectivity index (χ1n) is 9.79. The van der Waals surface area contributed by atoms with E-state index in [1.165, 1.54) is 26.2 Å². The number of carbonyl (C=O) groups excluding carboxylic acids is 1. The van der Waals surface area contributed by atoms with Crippen molar-refractivity contribution in [3.8, 4) is 16.3 Å². The minimum atomic E-state index is -0.283. The molecule has 1 atom stereocenters. The fraction of sp³-hybridized carbons (Fsp3) is 0.476. The third kappa shape index (κ3) is 4.70. The van der Waals surface area contributed by atoms with Gasteiger partial charge in [-0.3, -0.25) is 9.48 Å². The van der Waals surface area contributed by atoms with E-state index in [-0.39, 0.29) is 17.8 Å². The molecule has 0 amide bonds. The van der Waals surface area contributed by atoms with E-state index < -0.39 is 0 Å². The molecule has 6 nitrogen and oxygen atoms in total. The van der Waals surface area contributed by atoms with Gasteiger partial charge in [0.1, 0.15) is 11.4 Å². The predicted molar refractivity (Wildman–Crippen MR) is 112 cm³/mol. The van der Waals surface area contributed by atoms with Crippen molar-refractivity contribution in [2.24, 2.45) is 0 Å². The van der Waals surface area contributed by atoms with Crippen molar-refractivity contribution in [2.75, 3.05) is 6.61 Å². The van der Waals surface area contributed by atoms with Crippen LogP contribution < -0.4 is 0 Å². The third-order valence-corrected chi connectivity index (χ3v) is 5.80. The third-order valence-electron chi connectivity index (χ3n) is 4.74. The fourth-order valence-corrected chi connectivity index (χ4v) is 4.17. The summed E-state index contributed by atoms with van der Waals surface area (Å²) in [7, 11) is 0. The first-order valence-corrected chi connectivity index (χ1v) is 10.6. The molecule has 0 spiro atoms. The molecule has 2 heterocycles. The molecule has 3 rings (SSSR count). The lowest BCUT2D eigenvalue weighted by molar-refractivity contribution is -0.140. The molecule has 0 radical (unpaired) electrons. The molecule has 1 N–H and O–H groups in total. The van der Waals surface area contributed by atoms with Crippen LogP contribution in [0.5, 0.6) is 5.75 Å². The molecular formula is C21H27N3O3S. The minimum absolute atomic E-state index is 0.228. The van der Waals surface area contributed by atoms with Crippen LogP contribution in [0.1, 0.15) is 57.5 Å². The topological polar surface area (TPSA) is 77.2 Å². The van der Waals surface area contributed by atoms with E-state index >= 15 is 0 Å². The van der Waals surface area contributed by atoms with E-state index in [0.717, 1.165) is 32.9 Å². The highest BCUT2D eigenvalue weighted by molar-refractivity contribution is 7.15. The summed E-state index contributed by atoms with van der Waals surface area (Å²) < 4.78 is 7.07. The number of rotatable bonds is 9. The van der Waals surface area contributed by atoms with Gasteiger partial charge in [0.25, 0.3) is 0 Å². The van der Waals surface area contributed by atoms with Gasteiger partial charge in [0.2, 0.25) is 0 Å². The number of nitrogens with zero attached hydrogens (tertiary/aromatic N) is 3. The number of hydrogen-bond acceptors (Lipinski definition) is 6. The highest BCUT2D eigenvalue weighted by atomic mass is 32.1. The number of carbonyl (C=O) groups is 1. The lowest BCUT2D eigenvalue weighted by Crippen LogP contribution is -2.06. The molecule has 2 aromatic heterocycles. The van der Waals surface area contributed by atoms with Crippen molar-refractivity contribution in [1.82, 2.24) is 14.8 Å². The molecule has 0 fully saturated rings. The number of benzene rings is 1. The lowest BCUT2D eigenvalue weighted by Gasteiger charge is -2.13. The van der Waals surface area contributed by atoms with Crippen LogP contribution in [0, 0.1) is 0 Å². The van der Waals surface area contributed by atoms with E-state index in [2.05, 4.69) is 23.5 Å². The molecule has 0 saturated carbocycles. The van der Waals surface area contributed by atoms with E-state index in [4.69, 9.17) is 9.84 Å². The normalized spacial score (nSPS) is 12.4. The van der Waals surface area contributed by atoms with Crippen LogP contribution in [0.4, 0.5) is 0 Å². The molecule has 28 heavy (non-hydrogen) atoms. The number of esters is 1. The van der Waals surface area contributed by atoms with Crippen molar-refractivity contribution in [3.63, 3.8) is 0 Å². The number of aromatic hydroxyl groups is 1. The molecule has 0 saturated heterocycles. The summed E-state index contributed by atoms with van der Waals surface area (Å²) in [5.41, 5.74) is 1.86. The maximum atomic E-state index is 10.9. The van der Waals surface area contributed by atoms with Crippen LogP contribution in [-0.2, 0) is 16.0 Å². The van der Waals surface area contributed by atoms with Gasteiger partial charge < -0.3 is 9.84 Å². The predicted octanol–water partition coefficient (Wildman–Crippen LogP) is 5.11. The van der Waals surface area contributed by atoms with Gasteiger partial charge in [-0.15, -0.1) is 11.3 Å². The van der Waals surface area contributed by atoms with Crippen LogP contribution in [0.2, 0.25) is 0 Å². The molecule has 0 aliphatic rings. The highest BCUT2D eigenvalue weighted by Crippen LogP contribution is 2.35. The zero-order valence-corrected chi connectivity index (χ0v) is 17.5. The standard InChI is InChI=1S/C21H27N3O3S/c1-4-5-6-7-14(2)24-18-9-8-16(26)12-17(18)21(23-24)19-13-22-20(28-19)10-11-27-15(3)25/h8-9,12-14,26H,4-7,10-11H2,1-3H3. The summed E-state index contributed by atoms with van der Waals surface area (Å²) in [5, 5.41) is 16.7. The smallest absolute Gasteiger partial charge is 0.302 e. The van der Waals surface area contributed by atoms with Gasteiger partial charge in [0, 0.05) is 31.0 Å². The van der Waals surface area contributed by atoms with Gasteiger partial charge in [-0.05, 0) is 31.5 Å². The van der Waals surface area contributed by atoms with Crippen LogP contribution >= 0.6 is 11.3 Å². The number of fused-ring (bicyclic) bond motifs is 1. The molecule has 150 valence electrons. The minimum Gasteiger partial charge on any atom is -0.508 e. The van der Waals surface area contributed by atoms with Crippen molar-refractivity contribution < 1.29 is 14.6 Å². The molecule has 7 heteroatoms. The van der Waals surface area contributed by atoms with Gasteiger partial charge in [0.15, 0.2) is 0 Å². The molecule has 0 aliphatic carbocycles. The largest absolute Gasteiger partial charge is 0.508 e. The van der Waals surface area contributed by atoms with Gasteiger partial charge >= 0.3 is 5.97 Å². The zero-order valence-electron chi connectivity index (χ0n) is 16.6. The Labute approximate surface area is 169 Å². The molecular weight excluding hydrogens is 374 g/mol. The second kappa shape index (κ2) is 9.19. The summed E-state index contributed by atoms with van der Waals surface area (Å²) >= 11 is 1.54. The average molecular weight is 402 g/mol. The molecule has 1 aromatic carbocycles. The number of ether oxygens (including phenoxy) is 1. The number of phenols is 1. The first-order chi connectivity index (χ1) is 13.5. The molecule has 0 aliphatic heterocycles. The van der Waals surface area contributed by atoms with Crippen LogP contribution in [0.15, 0.2) is 24.4 Å². The Bertz CT molecular complexity index is 948. The maximum absolute atomic E-state index is 10.9. The summed E-state index contributed by atoms with van der Waals surface area (Å²) in [6, 6.07) is 5.69. The lowest BCUT2D eigenvalue weighted by atomic mass is 10.1. The Morgan fingerprint density at radius 2 is 2.18 bits per heavy atom. The summed E-state index contributed by atoms with van der Waals surface area (Å²) in [4.78, 5) is 16.3. The van der Waals surface area contributed by atoms with E-state index in [1.807, 2.05) is 12.3 Å². The second-order valence-corrected chi connectivity index (χ2v) is 8.16. The first kappa shape index (κ1) is 20.3. The van der Waals surface area contributed by atoms with Crippen molar-refractivity contribution >= 4 is 28.2 Å². The highest BCUT2D eigenvalue weighted by Gasteiger charge is 2.18. The molecule has 0 bridgehead atoms. The van der Waals surface area contributed by atoms with Crippen molar-refractivity contribution in [1.29, 1.82) is 0 Å². The fourth-order valence-electron chi connectivity index (χ4n) is 3.28. The van der Waals surface area contributed by atoms with Gasteiger partial charge in [0.05, 0.1) is 22.0 Å². The van der Waals surface area contributed by atoms with Crippen LogP contribution in [-0.4, -0.2) is 32.4 Å². The number of aromatic nitrogens is 3. The Morgan fingerprint density at radius 3 is 2.93 bits per heavy atom. The van der Waals surface area contributed by atoms with Crippen LogP contribution in [0.25, 0.3) is 21.5 Å². The molecule has 1 unspecified atom stereocenters. The number of unbranched alkanes of at least 4 members (excludes halogenated alkanes) is 2. The zero-order chi connectivity index (χ0) is 20.1. The molecule has 3 aromatic rings. The number of phenolic OH excluding ortho intramolecular Hbond substituents is 1. The SMILES string of the molecule is CCCCCC(C)n1nc(-c2cnc(CCOC(C)=O)s2)c2cc(O)ccc21. The summed E-state index contributed by atoms with van der Waals surface area (Å²) in [5.74, 6) is -0.0550. The Balaban J connectivity index is 1.89. The average Bonchev–Trinajstić information content (AvgIpc) is 3.25.